The van der Waals surface area contributed by atoms with Crippen molar-refractivity contribution in [3.8, 4) is 5.75 Å². The number of hydrogen-bond donors (Lipinski definition) is 2. The highest BCUT2D eigenvalue weighted by molar-refractivity contribution is 7.91. The first-order valence-corrected chi connectivity index (χ1v) is 8.80. The molecule has 7 nitrogen and oxygen atoms in total. The van der Waals surface area contributed by atoms with Crippen LogP contribution in [0.5, 0.6) is 5.75 Å². The largest absolute Gasteiger partial charge is 0.496 e. The minimum Gasteiger partial charge on any atom is -0.496 e. The highest BCUT2D eigenvalue weighted by Gasteiger charge is 2.25. The van der Waals surface area contributed by atoms with Crippen LogP contribution in [0.15, 0.2) is 17.0 Å². The Labute approximate surface area is 166 Å². The van der Waals surface area contributed by atoms with Gasteiger partial charge in [0.25, 0.3) is 5.91 Å². The molecule has 8 heteroatoms. The molecule has 2 rings (SSSR count). The van der Waals surface area contributed by atoms with Gasteiger partial charge in [-0.3, -0.25) is 9.69 Å². The van der Waals surface area contributed by atoms with Gasteiger partial charge in [-0.05, 0) is 31.9 Å². The Hall–Kier alpha value is -1.80. The van der Waals surface area contributed by atoms with Gasteiger partial charge in [-0.2, -0.15) is 0 Å². The van der Waals surface area contributed by atoms with Crippen molar-refractivity contribution >= 4 is 21.4 Å². The fraction of sp³-hybridized carbons (Fsp3) is 0.588. The number of sulfone groups is 1. The van der Waals surface area contributed by atoms with E-state index in [1.54, 1.807) is 0 Å². The molecule has 1 heterocycles. The molecule has 1 atom stereocenters. The fourth-order valence-corrected chi connectivity index (χ4v) is 3.23. The number of nitrogens with zero attached hydrogens (tertiary/aromatic N) is 1. The SMILES string of the molecule is [2H]c1c(N)c(S(=O)(=O)C([2H])([2H])C([2H])([2H])[2H])c([2H])c(C(=O)NCC2CCCN2C([2H])([2H])C([2H])([2H])[2H])c1OC. The molecular formula is C17H27N3O4S. The van der Waals surface area contributed by atoms with Crippen molar-refractivity contribution in [2.75, 3.05) is 38.1 Å². The van der Waals surface area contributed by atoms with Crippen molar-refractivity contribution in [2.24, 2.45) is 0 Å². The lowest BCUT2D eigenvalue weighted by Gasteiger charge is -2.23. The lowest BCUT2D eigenvalue weighted by Crippen LogP contribution is -2.40. The third-order valence-corrected chi connectivity index (χ3v) is 4.94. The van der Waals surface area contributed by atoms with Gasteiger partial charge in [0.1, 0.15) is 5.75 Å². The van der Waals surface area contributed by atoms with Crippen LogP contribution >= 0.6 is 0 Å². The molecule has 1 aliphatic heterocycles. The summed E-state index contributed by atoms with van der Waals surface area (Å²) in [7, 11) is -4.55. The Morgan fingerprint density at radius 3 is 3.04 bits per heavy atom. The van der Waals surface area contributed by atoms with E-state index in [1.165, 1.54) is 0 Å². The molecule has 25 heavy (non-hydrogen) atoms. The number of anilines is 1. The van der Waals surface area contributed by atoms with E-state index < -0.39 is 81.7 Å². The van der Waals surface area contributed by atoms with Crippen molar-refractivity contribution in [3.63, 3.8) is 0 Å². The van der Waals surface area contributed by atoms with Gasteiger partial charge in [0, 0.05) is 32.3 Å². The first-order chi connectivity index (χ1) is 16.6. The molecule has 1 saturated heterocycles. The van der Waals surface area contributed by atoms with Crippen LogP contribution in [0.25, 0.3) is 0 Å². The van der Waals surface area contributed by atoms with Crippen molar-refractivity contribution in [2.45, 2.75) is 37.5 Å². The van der Waals surface area contributed by atoms with Gasteiger partial charge >= 0.3 is 0 Å². The number of benzene rings is 1. The molecule has 1 fully saturated rings. The van der Waals surface area contributed by atoms with Gasteiger partial charge in [-0.15, -0.1) is 0 Å². The van der Waals surface area contributed by atoms with E-state index in [0.717, 1.165) is 12.0 Å². The lowest BCUT2D eigenvalue weighted by atomic mass is 10.1. The van der Waals surface area contributed by atoms with Crippen molar-refractivity contribution in [1.82, 2.24) is 10.2 Å². The number of nitrogens with one attached hydrogen (secondary N) is 1. The zero-order valence-electron chi connectivity index (χ0n) is 25.5. The maximum absolute atomic E-state index is 13.1. The predicted molar refractivity (Wildman–Crippen MR) is 97.7 cm³/mol. The number of rotatable bonds is 7. The summed E-state index contributed by atoms with van der Waals surface area (Å²) >= 11 is 0. The third-order valence-electron chi connectivity index (χ3n) is 3.81. The van der Waals surface area contributed by atoms with Crippen LogP contribution in [-0.4, -0.2) is 57.7 Å². The topological polar surface area (TPSA) is 102 Å². The maximum Gasteiger partial charge on any atom is 0.255 e. The lowest BCUT2D eigenvalue weighted by molar-refractivity contribution is 0.0938. The Bertz CT molecular complexity index is 1170. The number of carbonyl (C=O) groups is 1. The van der Waals surface area contributed by atoms with Crippen LogP contribution in [-0.2, 0) is 9.84 Å². The molecule has 0 bridgehead atoms. The average molecular weight is 382 g/mol. The zero-order chi connectivity index (χ0) is 28.9. The summed E-state index contributed by atoms with van der Waals surface area (Å²) < 4.78 is 123. The molecule has 3 N–H and O–H groups in total. The van der Waals surface area contributed by atoms with Gasteiger partial charge in [-0.25, -0.2) is 8.42 Å². The highest BCUT2D eigenvalue weighted by Crippen LogP contribution is 2.29. The molecule has 1 unspecified atom stereocenters. The second-order valence-electron chi connectivity index (χ2n) is 5.32. The summed E-state index contributed by atoms with van der Waals surface area (Å²) in [5, 5.41) is 2.35. The number of ether oxygens (including phenoxy) is 1. The zero-order valence-corrected chi connectivity index (χ0v) is 14.3. The molecule has 0 radical (unpaired) electrons. The van der Waals surface area contributed by atoms with E-state index in [4.69, 9.17) is 26.9 Å². The van der Waals surface area contributed by atoms with Crippen LogP contribution in [0.4, 0.5) is 5.69 Å². The van der Waals surface area contributed by atoms with Gasteiger partial charge in [-0.1, -0.05) is 13.7 Å². The molecule has 140 valence electrons. The van der Waals surface area contributed by atoms with Crippen LogP contribution < -0.4 is 15.8 Å². The Morgan fingerprint density at radius 2 is 2.36 bits per heavy atom. The summed E-state index contributed by atoms with van der Waals surface area (Å²) in [6.45, 7) is -9.64. The van der Waals surface area contributed by atoms with E-state index in [-0.39, 0.29) is 13.1 Å². The number of likely N-dealkylation sites (N-methyl/N-ethyl adjacent to an activating group) is 1. The van der Waals surface area contributed by atoms with Crippen LogP contribution in [0, 0.1) is 0 Å². The standard InChI is InChI=1S/C17H27N3O4S/c1-4-20-8-6-7-12(20)11-19-17(21)13-9-16(25(22,23)5-2)14(18)10-15(13)24-3/h9-10,12H,4-8,11,18H2,1-3H3,(H,19,21)/i1D3,2D3,4D2,5D2,9D,10D. The monoisotopic (exact) mass is 381 g/mol. The number of amides is 1. The number of likely N-dealkylation sites (tertiary alicyclic amines) is 1. The number of hydrogen-bond acceptors (Lipinski definition) is 6. The second-order valence-corrected chi connectivity index (χ2v) is 6.94. The Morgan fingerprint density at radius 1 is 1.56 bits per heavy atom. The fourth-order valence-electron chi connectivity index (χ4n) is 2.55. The van der Waals surface area contributed by atoms with E-state index in [1.807, 2.05) is 0 Å². The Kier molecular flexibility index (Phi) is 2.81. The number of nitrogens with two attached hydrogens (primary N) is 1. The van der Waals surface area contributed by atoms with Crippen LogP contribution in [0.1, 0.15) is 53.4 Å². The molecule has 0 aliphatic carbocycles. The molecule has 1 aromatic carbocycles. The molecule has 1 aromatic rings. The summed E-state index contributed by atoms with van der Waals surface area (Å²) in [6.07, 6.45) is 0.735. The average Bonchev–Trinajstić information content (AvgIpc) is 3.22. The summed E-state index contributed by atoms with van der Waals surface area (Å²) in [6, 6.07) is -2.88. The Balaban J connectivity index is 2.55. The van der Waals surface area contributed by atoms with Crippen molar-refractivity contribution < 1.29 is 34.4 Å². The quantitative estimate of drug-likeness (QED) is 0.690. The van der Waals surface area contributed by atoms with Crippen LogP contribution in [0.3, 0.4) is 0 Å². The normalized spacial score (nSPS) is 27.5. The number of nitrogen functional groups attached to an aromatic ring is 1. The smallest absolute Gasteiger partial charge is 0.255 e. The molecular weight excluding hydrogens is 342 g/mol. The summed E-state index contributed by atoms with van der Waals surface area (Å²) in [4.78, 5) is 12.8. The molecule has 0 saturated carbocycles. The third kappa shape index (κ3) is 4.24. The molecule has 1 amide bonds. The van der Waals surface area contributed by atoms with E-state index >= 15 is 0 Å². The first-order valence-electron chi connectivity index (χ1n) is 13.3. The van der Waals surface area contributed by atoms with Gasteiger partial charge in [0.15, 0.2) is 9.84 Å². The van der Waals surface area contributed by atoms with E-state index in [9.17, 15) is 13.2 Å². The highest BCUT2D eigenvalue weighted by atomic mass is 32.2. The van der Waals surface area contributed by atoms with Crippen molar-refractivity contribution in [1.29, 1.82) is 0 Å². The van der Waals surface area contributed by atoms with Gasteiger partial charge in [0.05, 0.1) is 31.7 Å². The molecule has 0 aromatic heterocycles. The van der Waals surface area contributed by atoms with Gasteiger partial charge < -0.3 is 15.8 Å². The van der Waals surface area contributed by atoms with Gasteiger partial charge in [0.2, 0.25) is 0 Å². The molecule has 1 aliphatic rings. The first kappa shape index (κ1) is 8.73. The number of carbonyl (C=O) groups excluding carboxylic acids is 1. The van der Waals surface area contributed by atoms with E-state index in [0.29, 0.717) is 12.8 Å². The minimum atomic E-state index is -5.55. The molecule has 0 spiro atoms. The predicted octanol–water partition coefficient (Wildman–Crippen LogP) is 1.29. The number of methoxy groups -OCH3 is 1. The summed E-state index contributed by atoms with van der Waals surface area (Å²) in [5.74, 6) is -1.81. The summed E-state index contributed by atoms with van der Waals surface area (Å²) in [5.41, 5.74) is -0.0711. The van der Waals surface area contributed by atoms with E-state index in [2.05, 4.69) is 5.32 Å². The van der Waals surface area contributed by atoms with Crippen LogP contribution in [0.2, 0.25) is 0 Å². The second kappa shape index (κ2) is 8.05. The maximum atomic E-state index is 13.1. The van der Waals surface area contributed by atoms with Crippen molar-refractivity contribution in [3.05, 3.63) is 17.6 Å². The minimum absolute atomic E-state index is 0.0876.